The molecule has 1 aliphatic carbocycles. The molecule has 2 aromatic rings. The minimum absolute atomic E-state index is 0.156. The van der Waals surface area contributed by atoms with Crippen molar-refractivity contribution in [2.45, 2.75) is 77.8 Å². The first kappa shape index (κ1) is 22.8. The van der Waals surface area contributed by atoms with E-state index >= 15 is 0 Å². The van der Waals surface area contributed by atoms with E-state index in [0.29, 0.717) is 36.8 Å². The highest BCUT2D eigenvalue weighted by Gasteiger charge is 2.21. The number of hydrogen-bond acceptors (Lipinski definition) is 4. The fourth-order valence-electron chi connectivity index (χ4n) is 4.47. The molecule has 7 heteroatoms. The number of rotatable bonds is 8. The Kier molecular flexibility index (Phi) is 7.67. The molecule has 166 valence electrons. The van der Waals surface area contributed by atoms with Crippen molar-refractivity contribution < 1.29 is 9.18 Å². The number of hydrogen-bond donors (Lipinski definition) is 1. The average molecular weight is 426 g/mol. The number of nitrogens with one attached hydrogen (secondary N) is 1. The number of halogens is 1. The molecule has 0 atom stereocenters. The van der Waals surface area contributed by atoms with Gasteiger partial charge in [0.2, 0.25) is 5.91 Å². The molecule has 0 radical (unpaired) electrons. The number of nitrogens with zero attached hydrogens (tertiary/aromatic N) is 4. The second-order valence-corrected chi connectivity index (χ2v) is 8.40. The van der Waals surface area contributed by atoms with Gasteiger partial charge in [0, 0.05) is 30.9 Å². The molecule has 1 aliphatic rings. The number of aryl methyl sites for hydroxylation is 2. The molecular weight excluding hydrogens is 393 g/mol. The van der Waals surface area contributed by atoms with Gasteiger partial charge in [0.25, 0.3) is 0 Å². The monoisotopic (exact) mass is 425 g/mol. The van der Waals surface area contributed by atoms with E-state index in [9.17, 15) is 9.18 Å². The Labute approximate surface area is 184 Å². The molecule has 0 saturated heterocycles. The zero-order valence-electron chi connectivity index (χ0n) is 18.7. The Morgan fingerprint density at radius 2 is 2.06 bits per heavy atom. The predicted molar refractivity (Wildman–Crippen MR) is 121 cm³/mol. The van der Waals surface area contributed by atoms with Gasteiger partial charge in [0.1, 0.15) is 5.82 Å². The van der Waals surface area contributed by atoms with Gasteiger partial charge in [-0.2, -0.15) is 10.4 Å². The highest BCUT2D eigenvalue weighted by atomic mass is 19.1. The molecule has 0 bridgehead atoms. The zero-order valence-corrected chi connectivity index (χ0v) is 18.7. The molecule has 0 spiro atoms. The van der Waals surface area contributed by atoms with Crippen LogP contribution in [0.4, 0.5) is 15.8 Å². The summed E-state index contributed by atoms with van der Waals surface area (Å²) in [5, 5.41) is 16.0. The first-order valence-electron chi connectivity index (χ1n) is 11.1. The summed E-state index contributed by atoms with van der Waals surface area (Å²) in [5.74, 6) is -0.465. The fourth-order valence-corrected chi connectivity index (χ4v) is 4.47. The first-order chi connectivity index (χ1) is 14.9. The number of nitriles is 1. The lowest BCUT2D eigenvalue weighted by molar-refractivity contribution is -0.116. The van der Waals surface area contributed by atoms with E-state index < -0.39 is 0 Å². The lowest BCUT2D eigenvalue weighted by Crippen LogP contribution is -2.33. The van der Waals surface area contributed by atoms with Crippen molar-refractivity contribution in [3.8, 4) is 6.07 Å². The van der Waals surface area contributed by atoms with Gasteiger partial charge >= 0.3 is 0 Å². The standard InChI is InChI=1S/C24H32FN5O/c1-17-21(18(2)30(28-17)15-7-14-26)11-13-24(31)27-19-10-12-23(22(25)16-19)29(3)20-8-5-4-6-9-20/h10,12,16,20H,4-9,11,13,15H2,1-3H3,(H,27,31). The molecule has 1 N–H and O–H groups in total. The fraction of sp³-hybridized carbons (Fsp3) is 0.542. The topological polar surface area (TPSA) is 73.9 Å². The van der Waals surface area contributed by atoms with Crippen LogP contribution >= 0.6 is 0 Å². The van der Waals surface area contributed by atoms with Gasteiger partial charge in [-0.05, 0) is 56.9 Å². The minimum Gasteiger partial charge on any atom is -0.369 e. The van der Waals surface area contributed by atoms with Gasteiger partial charge in [-0.1, -0.05) is 19.3 Å². The van der Waals surface area contributed by atoms with Gasteiger partial charge in [-0.25, -0.2) is 4.39 Å². The van der Waals surface area contributed by atoms with Gasteiger partial charge < -0.3 is 10.2 Å². The molecule has 6 nitrogen and oxygen atoms in total. The van der Waals surface area contributed by atoms with Crippen LogP contribution in [0.2, 0.25) is 0 Å². The maximum absolute atomic E-state index is 14.7. The maximum atomic E-state index is 14.7. The summed E-state index contributed by atoms with van der Waals surface area (Å²) in [6.07, 6.45) is 7.09. The lowest BCUT2D eigenvalue weighted by atomic mass is 9.94. The Balaban J connectivity index is 1.58. The Bertz CT molecular complexity index is 956. The Morgan fingerprint density at radius 1 is 1.32 bits per heavy atom. The van der Waals surface area contributed by atoms with Crippen molar-refractivity contribution in [2.24, 2.45) is 0 Å². The van der Waals surface area contributed by atoms with Gasteiger partial charge in [0.05, 0.1) is 30.4 Å². The average Bonchev–Trinajstić information content (AvgIpc) is 3.03. The number of carbonyl (C=O) groups excluding carboxylic acids is 1. The molecule has 1 amide bonds. The molecule has 1 aromatic carbocycles. The van der Waals surface area contributed by atoms with Crippen LogP contribution in [0.15, 0.2) is 18.2 Å². The Hall–Kier alpha value is -2.88. The largest absolute Gasteiger partial charge is 0.369 e. The van der Waals surface area contributed by atoms with Gasteiger partial charge in [-0.15, -0.1) is 0 Å². The van der Waals surface area contributed by atoms with Gasteiger partial charge in [-0.3, -0.25) is 9.48 Å². The lowest BCUT2D eigenvalue weighted by Gasteiger charge is -2.33. The van der Waals surface area contributed by atoms with Crippen molar-refractivity contribution in [3.05, 3.63) is 41.0 Å². The van der Waals surface area contributed by atoms with Gasteiger partial charge in [0.15, 0.2) is 0 Å². The molecule has 31 heavy (non-hydrogen) atoms. The summed E-state index contributed by atoms with van der Waals surface area (Å²) in [6.45, 7) is 4.43. The van der Waals surface area contributed by atoms with Crippen molar-refractivity contribution in [1.29, 1.82) is 5.26 Å². The second-order valence-electron chi connectivity index (χ2n) is 8.40. The van der Waals surface area contributed by atoms with Crippen LogP contribution < -0.4 is 10.2 Å². The van der Waals surface area contributed by atoms with Crippen molar-refractivity contribution >= 4 is 17.3 Å². The number of carbonyl (C=O) groups is 1. The van der Waals surface area contributed by atoms with Crippen LogP contribution in [-0.2, 0) is 17.8 Å². The summed E-state index contributed by atoms with van der Waals surface area (Å²) in [7, 11) is 1.95. The molecule has 1 saturated carbocycles. The number of amides is 1. The third-order valence-electron chi connectivity index (χ3n) is 6.30. The van der Waals surface area contributed by atoms with E-state index in [4.69, 9.17) is 5.26 Å². The third-order valence-corrected chi connectivity index (χ3v) is 6.30. The molecule has 0 aliphatic heterocycles. The van der Waals surface area contributed by atoms with Crippen LogP contribution in [0, 0.1) is 31.0 Å². The van der Waals surface area contributed by atoms with Crippen LogP contribution in [0.1, 0.15) is 61.9 Å². The van der Waals surface area contributed by atoms with E-state index in [1.165, 1.54) is 25.3 Å². The molecule has 1 aromatic heterocycles. The van der Waals surface area contributed by atoms with Crippen LogP contribution in [-0.4, -0.2) is 28.8 Å². The summed E-state index contributed by atoms with van der Waals surface area (Å²) in [4.78, 5) is 14.5. The van der Waals surface area contributed by atoms with Crippen LogP contribution in [0.25, 0.3) is 0 Å². The number of benzene rings is 1. The summed E-state index contributed by atoms with van der Waals surface area (Å²) < 4.78 is 16.6. The minimum atomic E-state index is -0.309. The van der Waals surface area contributed by atoms with E-state index in [2.05, 4.69) is 16.5 Å². The second kappa shape index (κ2) is 10.4. The van der Waals surface area contributed by atoms with E-state index in [0.717, 1.165) is 29.8 Å². The maximum Gasteiger partial charge on any atom is 0.224 e. The number of aromatic nitrogens is 2. The molecule has 3 rings (SSSR count). The summed E-state index contributed by atoms with van der Waals surface area (Å²) in [5.41, 5.74) is 3.96. The van der Waals surface area contributed by atoms with Crippen molar-refractivity contribution in [2.75, 3.05) is 17.3 Å². The third kappa shape index (κ3) is 5.63. The van der Waals surface area contributed by atoms with E-state index in [1.807, 2.05) is 30.5 Å². The molecular formula is C24H32FN5O. The summed E-state index contributed by atoms with van der Waals surface area (Å²) >= 11 is 0. The quantitative estimate of drug-likeness (QED) is 0.653. The van der Waals surface area contributed by atoms with Crippen molar-refractivity contribution in [3.63, 3.8) is 0 Å². The van der Waals surface area contributed by atoms with Crippen LogP contribution in [0.5, 0.6) is 0 Å². The van der Waals surface area contributed by atoms with Crippen molar-refractivity contribution in [1.82, 2.24) is 9.78 Å². The normalized spacial score (nSPS) is 14.3. The smallest absolute Gasteiger partial charge is 0.224 e. The number of anilines is 2. The SMILES string of the molecule is Cc1nn(CCC#N)c(C)c1CCC(=O)Nc1ccc(N(C)C2CCCCC2)c(F)c1. The van der Waals surface area contributed by atoms with E-state index in [-0.39, 0.29) is 18.1 Å². The molecule has 1 heterocycles. The Morgan fingerprint density at radius 3 is 2.74 bits per heavy atom. The zero-order chi connectivity index (χ0) is 22.4. The summed E-state index contributed by atoms with van der Waals surface area (Å²) in [6, 6.07) is 7.44. The highest BCUT2D eigenvalue weighted by Crippen LogP contribution is 2.29. The predicted octanol–water partition coefficient (Wildman–Crippen LogP) is 4.89. The van der Waals surface area contributed by atoms with Crippen LogP contribution in [0.3, 0.4) is 0 Å². The van der Waals surface area contributed by atoms with E-state index in [1.54, 1.807) is 12.1 Å². The highest BCUT2D eigenvalue weighted by molar-refractivity contribution is 5.91. The molecule has 1 fully saturated rings. The first-order valence-corrected chi connectivity index (χ1v) is 11.1. The molecule has 0 unspecified atom stereocenters.